The lowest BCUT2D eigenvalue weighted by atomic mass is 9.86. The highest BCUT2D eigenvalue weighted by Gasteiger charge is 2.30. The molecule has 138 valence electrons. The molecule has 0 bridgehead atoms. The van der Waals surface area contributed by atoms with Crippen LogP contribution in [0.15, 0.2) is 18.2 Å². The number of benzene rings is 1. The molecule has 1 aliphatic heterocycles. The predicted molar refractivity (Wildman–Crippen MR) is 91.2 cm³/mol. The maximum Gasteiger partial charge on any atom is 0.308 e. The molecule has 0 aromatic heterocycles. The molecule has 0 aliphatic carbocycles. The number of hydrogen-bond acceptors (Lipinski definition) is 5. The van der Waals surface area contributed by atoms with Crippen molar-refractivity contribution in [1.29, 1.82) is 0 Å². The van der Waals surface area contributed by atoms with Crippen LogP contribution in [0.1, 0.15) is 30.1 Å². The topological polar surface area (TPSA) is 94.1 Å². The Kier molecular flexibility index (Phi) is 7.06. The summed E-state index contributed by atoms with van der Waals surface area (Å²) in [5.41, 5.74) is 0.399. The number of nitrogens with one attached hydrogen (secondary N) is 1. The largest absolute Gasteiger partial charge is 0.493 e. The van der Waals surface area contributed by atoms with E-state index in [9.17, 15) is 14.7 Å². The first-order valence-electron chi connectivity index (χ1n) is 8.46. The summed E-state index contributed by atoms with van der Waals surface area (Å²) in [4.78, 5) is 23.9. The first kappa shape index (κ1) is 19.1. The minimum Gasteiger partial charge on any atom is -0.493 e. The van der Waals surface area contributed by atoms with E-state index in [0.29, 0.717) is 49.7 Å². The van der Waals surface area contributed by atoms with E-state index in [4.69, 9.17) is 14.2 Å². The van der Waals surface area contributed by atoms with Gasteiger partial charge < -0.3 is 24.6 Å². The number of rotatable bonds is 8. The van der Waals surface area contributed by atoms with Crippen LogP contribution in [0.2, 0.25) is 0 Å². The van der Waals surface area contributed by atoms with Crippen LogP contribution < -0.4 is 14.8 Å². The second-order valence-electron chi connectivity index (χ2n) is 5.90. The molecule has 2 N–H and O–H groups in total. The van der Waals surface area contributed by atoms with Gasteiger partial charge in [0.05, 0.1) is 19.6 Å². The van der Waals surface area contributed by atoms with Crippen LogP contribution in [0.25, 0.3) is 0 Å². The van der Waals surface area contributed by atoms with E-state index >= 15 is 0 Å². The van der Waals surface area contributed by atoms with Gasteiger partial charge in [-0.15, -0.1) is 0 Å². The van der Waals surface area contributed by atoms with Gasteiger partial charge in [-0.05, 0) is 43.9 Å². The fourth-order valence-electron chi connectivity index (χ4n) is 2.96. The number of methoxy groups -OCH3 is 1. The summed E-state index contributed by atoms with van der Waals surface area (Å²) in [7, 11) is 1.51. The van der Waals surface area contributed by atoms with Crippen molar-refractivity contribution in [2.45, 2.75) is 19.8 Å². The number of carbonyl (C=O) groups excluding carboxylic acids is 1. The molecule has 1 aromatic carbocycles. The van der Waals surface area contributed by atoms with Crippen molar-refractivity contribution in [2.24, 2.45) is 11.8 Å². The average Bonchev–Trinajstić information content (AvgIpc) is 2.63. The van der Waals surface area contributed by atoms with Crippen LogP contribution in [0.5, 0.6) is 11.5 Å². The molecule has 7 nitrogen and oxygen atoms in total. The Labute approximate surface area is 147 Å². The molecule has 1 atom stereocenters. The zero-order valence-corrected chi connectivity index (χ0v) is 14.6. The Morgan fingerprint density at radius 1 is 1.32 bits per heavy atom. The molecule has 2 rings (SSSR count). The zero-order valence-electron chi connectivity index (χ0n) is 14.6. The van der Waals surface area contributed by atoms with Crippen LogP contribution in [0.3, 0.4) is 0 Å². The molecule has 25 heavy (non-hydrogen) atoms. The molecule has 0 spiro atoms. The molecular formula is C18H25NO6. The van der Waals surface area contributed by atoms with E-state index in [1.54, 1.807) is 18.2 Å². The predicted octanol–water partition coefficient (Wildman–Crippen LogP) is 1.95. The van der Waals surface area contributed by atoms with E-state index in [1.807, 2.05) is 6.92 Å². The molecule has 1 unspecified atom stereocenters. The van der Waals surface area contributed by atoms with Crippen molar-refractivity contribution in [3.05, 3.63) is 23.8 Å². The summed E-state index contributed by atoms with van der Waals surface area (Å²) in [5, 5.41) is 12.2. The van der Waals surface area contributed by atoms with Crippen molar-refractivity contribution >= 4 is 11.9 Å². The number of hydrogen-bond donors (Lipinski definition) is 2. The first-order valence-corrected chi connectivity index (χ1v) is 8.46. The normalized spacial score (nSPS) is 16.1. The monoisotopic (exact) mass is 351 g/mol. The second-order valence-corrected chi connectivity index (χ2v) is 5.90. The van der Waals surface area contributed by atoms with Crippen molar-refractivity contribution in [1.82, 2.24) is 5.32 Å². The van der Waals surface area contributed by atoms with Crippen LogP contribution >= 0.6 is 0 Å². The van der Waals surface area contributed by atoms with Gasteiger partial charge in [0.2, 0.25) is 0 Å². The number of aliphatic carboxylic acids is 1. The number of amides is 1. The summed E-state index contributed by atoms with van der Waals surface area (Å²) in [6.07, 6.45) is 1.40. The van der Waals surface area contributed by atoms with Crippen LogP contribution in [-0.2, 0) is 9.53 Å². The average molecular weight is 351 g/mol. The van der Waals surface area contributed by atoms with Crippen LogP contribution in [0.4, 0.5) is 0 Å². The molecule has 1 aromatic rings. The van der Waals surface area contributed by atoms with E-state index in [-0.39, 0.29) is 18.4 Å². The lowest BCUT2D eigenvalue weighted by Gasteiger charge is -2.27. The molecule has 7 heteroatoms. The minimum atomic E-state index is -0.892. The fourth-order valence-corrected chi connectivity index (χ4v) is 2.96. The third-order valence-electron chi connectivity index (χ3n) is 4.36. The fraction of sp³-hybridized carbons (Fsp3) is 0.556. The third-order valence-corrected chi connectivity index (χ3v) is 4.36. The van der Waals surface area contributed by atoms with Crippen molar-refractivity contribution in [3.8, 4) is 11.5 Å². The minimum absolute atomic E-state index is 0.0152. The summed E-state index contributed by atoms with van der Waals surface area (Å²) < 4.78 is 15.9. The van der Waals surface area contributed by atoms with E-state index in [1.165, 1.54) is 7.11 Å². The Balaban J connectivity index is 2.01. The summed E-state index contributed by atoms with van der Waals surface area (Å²) >= 11 is 0. The number of ether oxygens (including phenoxy) is 3. The third kappa shape index (κ3) is 5.09. The first-order chi connectivity index (χ1) is 12.1. The standard InChI is InChI=1S/C18H25NO6/c1-3-25-15-5-4-13(10-16(15)23-2)17(20)19-11-14(18(21)22)12-6-8-24-9-7-12/h4-5,10,12,14H,3,6-9,11H2,1-2H3,(H,19,20)(H,21,22). The quantitative estimate of drug-likeness (QED) is 0.743. The van der Waals surface area contributed by atoms with Gasteiger partial charge in [0, 0.05) is 25.3 Å². The Hall–Kier alpha value is -2.28. The Bertz CT molecular complexity index is 597. The maximum atomic E-state index is 12.4. The van der Waals surface area contributed by atoms with E-state index < -0.39 is 11.9 Å². The van der Waals surface area contributed by atoms with Gasteiger partial charge in [-0.25, -0.2) is 0 Å². The van der Waals surface area contributed by atoms with Gasteiger partial charge in [-0.2, -0.15) is 0 Å². The smallest absolute Gasteiger partial charge is 0.308 e. The number of carboxylic acids is 1. The van der Waals surface area contributed by atoms with E-state index in [2.05, 4.69) is 5.32 Å². The number of carboxylic acid groups (broad SMARTS) is 1. The van der Waals surface area contributed by atoms with Crippen molar-refractivity contribution in [3.63, 3.8) is 0 Å². The lowest BCUT2D eigenvalue weighted by Crippen LogP contribution is -2.39. The van der Waals surface area contributed by atoms with Gasteiger partial charge in [0.15, 0.2) is 11.5 Å². The number of carbonyl (C=O) groups is 2. The molecule has 1 amide bonds. The van der Waals surface area contributed by atoms with Gasteiger partial charge in [-0.1, -0.05) is 0 Å². The molecule has 0 saturated carbocycles. The zero-order chi connectivity index (χ0) is 18.2. The molecule has 0 radical (unpaired) electrons. The van der Waals surface area contributed by atoms with Gasteiger partial charge >= 0.3 is 5.97 Å². The molecule has 1 saturated heterocycles. The van der Waals surface area contributed by atoms with Crippen molar-refractivity contribution < 1.29 is 28.9 Å². The molecule has 1 fully saturated rings. The summed E-state index contributed by atoms with van der Waals surface area (Å²) in [5.74, 6) is -0.795. The SMILES string of the molecule is CCOc1ccc(C(=O)NCC(C(=O)O)C2CCOCC2)cc1OC. The summed E-state index contributed by atoms with van der Waals surface area (Å²) in [6, 6.07) is 4.89. The maximum absolute atomic E-state index is 12.4. The van der Waals surface area contributed by atoms with Gasteiger partial charge in [-0.3, -0.25) is 9.59 Å². The highest BCUT2D eigenvalue weighted by atomic mass is 16.5. The van der Waals surface area contributed by atoms with Gasteiger partial charge in [0.25, 0.3) is 5.91 Å². The molecule has 1 aliphatic rings. The Morgan fingerprint density at radius 3 is 2.64 bits per heavy atom. The molecule has 1 heterocycles. The van der Waals surface area contributed by atoms with Crippen LogP contribution in [-0.4, -0.2) is 50.5 Å². The molecular weight excluding hydrogens is 326 g/mol. The van der Waals surface area contributed by atoms with E-state index in [0.717, 1.165) is 0 Å². The van der Waals surface area contributed by atoms with Gasteiger partial charge in [0.1, 0.15) is 0 Å². The highest BCUT2D eigenvalue weighted by Crippen LogP contribution is 2.28. The summed E-state index contributed by atoms with van der Waals surface area (Å²) in [6.45, 7) is 3.58. The van der Waals surface area contributed by atoms with Crippen molar-refractivity contribution in [2.75, 3.05) is 33.5 Å². The Morgan fingerprint density at radius 2 is 2.04 bits per heavy atom. The van der Waals surface area contributed by atoms with Crippen LogP contribution in [0, 0.1) is 11.8 Å². The lowest BCUT2D eigenvalue weighted by molar-refractivity contribution is -0.144. The highest BCUT2D eigenvalue weighted by molar-refractivity contribution is 5.95. The second kappa shape index (κ2) is 9.27.